The number of carbonyl (C=O) groups excluding carboxylic acids is 1. The SMILES string of the molecule is CC(C)(C)c1ccc(NC(=O)NCC#Cc2ccccc2C(F)(F)F)cc1. The van der Waals surface area contributed by atoms with Gasteiger partial charge < -0.3 is 10.6 Å². The van der Waals surface area contributed by atoms with Crippen LogP contribution < -0.4 is 10.6 Å². The summed E-state index contributed by atoms with van der Waals surface area (Å²) in [4.78, 5) is 11.9. The second-order valence-electron chi connectivity index (χ2n) is 6.98. The van der Waals surface area contributed by atoms with Crippen molar-refractivity contribution in [2.75, 3.05) is 11.9 Å². The lowest BCUT2D eigenvalue weighted by molar-refractivity contribution is -0.137. The van der Waals surface area contributed by atoms with Gasteiger partial charge in [-0.1, -0.05) is 56.9 Å². The van der Waals surface area contributed by atoms with Gasteiger partial charge in [0.15, 0.2) is 0 Å². The Labute approximate surface area is 157 Å². The molecule has 0 heterocycles. The molecule has 142 valence electrons. The summed E-state index contributed by atoms with van der Waals surface area (Å²) in [7, 11) is 0. The number of carbonyl (C=O) groups is 1. The molecule has 0 spiro atoms. The fourth-order valence-electron chi connectivity index (χ4n) is 2.33. The van der Waals surface area contributed by atoms with Gasteiger partial charge in [-0.2, -0.15) is 13.2 Å². The predicted octanol–water partition coefficient (Wildman–Crippen LogP) is 5.18. The van der Waals surface area contributed by atoms with Crippen LogP contribution in [0.25, 0.3) is 0 Å². The lowest BCUT2D eigenvalue weighted by Crippen LogP contribution is -2.29. The van der Waals surface area contributed by atoms with E-state index in [1.54, 1.807) is 12.1 Å². The van der Waals surface area contributed by atoms with Crippen molar-refractivity contribution in [3.05, 3.63) is 65.2 Å². The van der Waals surface area contributed by atoms with Crippen LogP contribution in [-0.2, 0) is 11.6 Å². The highest BCUT2D eigenvalue weighted by Gasteiger charge is 2.32. The van der Waals surface area contributed by atoms with Crippen molar-refractivity contribution in [1.82, 2.24) is 5.32 Å². The Hall–Kier alpha value is -2.94. The van der Waals surface area contributed by atoms with Crippen LogP contribution in [0, 0.1) is 11.8 Å². The summed E-state index contributed by atoms with van der Waals surface area (Å²) in [6, 6.07) is 12.1. The van der Waals surface area contributed by atoms with E-state index in [-0.39, 0.29) is 17.5 Å². The first-order valence-electron chi connectivity index (χ1n) is 8.38. The third-order valence-corrected chi connectivity index (χ3v) is 3.80. The van der Waals surface area contributed by atoms with Crippen LogP contribution in [0.4, 0.5) is 23.7 Å². The third-order valence-electron chi connectivity index (χ3n) is 3.80. The largest absolute Gasteiger partial charge is 0.417 e. The molecule has 0 aliphatic heterocycles. The number of urea groups is 1. The van der Waals surface area contributed by atoms with Gasteiger partial charge in [0.05, 0.1) is 12.1 Å². The van der Waals surface area contributed by atoms with Crippen LogP contribution in [-0.4, -0.2) is 12.6 Å². The highest BCUT2D eigenvalue weighted by Crippen LogP contribution is 2.31. The number of nitrogens with one attached hydrogen (secondary N) is 2. The summed E-state index contributed by atoms with van der Waals surface area (Å²) in [5, 5.41) is 5.16. The van der Waals surface area contributed by atoms with Crippen LogP contribution >= 0.6 is 0 Å². The molecule has 0 radical (unpaired) electrons. The standard InChI is InChI=1S/C21H21F3N2O/c1-20(2,3)16-10-12-17(13-11-16)26-19(27)25-14-6-8-15-7-4-5-9-18(15)21(22,23)24/h4-5,7,9-13H,14H2,1-3H3,(H2,25,26,27). The minimum Gasteiger partial charge on any atom is -0.327 e. The lowest BCUT2D eigenvalue weighted by atomic mass is 9.87. The number of amides is 2. The van der Waals surface area contributed by atoms with Crippen molar-refractivity contribution >= 4 is 11.7 Å². The smallest absolute Gasteiger partial charge is 0.327 e. The first-order chi connectivity index (χ1) is 12.6. The number of alkyl halides is 3. The Balaban J connectivity index is 1.92. The van der Waals surface area contributed by atoms with Gasteiger partial charge in [0.1, 0.15) is 0 Å². The Bertz CT molecular complexity index is 854. The van der Waals surface area contributed by atoms with Crippen LogP contribution in [0.5, 0.6) is 0 Å². The third kappa shape index (κ3) is 6.07. The monoisotopic (exact) mass is 374 g/mol. The number of rotatable bonds is 2. The Morgan fingerprint density at radius 3 is 2.22 bits per heavy atom. The summed E-state index contributed by atoms with van der Waals surface area (Å²) in [6.45, 7) is 6.21. The van der Waals surface area contributed by atoms with Crippen LogP contribution in [0.3, 0.4) is 0 Å². The molecule has 27 heavy (non-hydrogen) atoms. The van der Waals surface area contributed by atoms with Gasteiger partial charge in [-0.05, 0) is 35.2 Å². The molecule has 2 aromatic rings. The summed E-state index contributed by atoms with van der Waals surface area (Å²) in [5.74, 6) is 4.99. The maximum Gasteiger partial charge on any atom is 0.417 e. The number of hydrogen-bond donors (Lipinski definition) is 2. The van der Waals surface area contributed by atoms with E-state index < -0.39 is 17.8 Å². The molecule has 2 aromatic carbocycles. The summed E-state index contributed by atoms with van der Waals surface area (Å²) in [5.41, 5.74) is 0.868. The zero-order valence-corrected chi connectivity index (χ0v) is 15.4. The molecular formula is C21H21F3N2O. The molecule has 0 fully saturated rings. The molecule has 0 aromatic heterocycles. The van der Waals surface area contributed by atoms with Crippen LogP contribution in [0.2, 0.25) is 0 Å². The van der Waals surface area contributed by atoms with Crippen molar-refractivity contribution in [1.29, 1.82) is 0 Å². The van der Waals surface area contributed by atoms with E-state index >= 15 is 0 Å². The number of halogens is 3. The lowest BCUT2D eigenvalue weighted by Gasteiger charge is -2.19. The molecule has 0 saturated carbocycles. The highest BCUT2D eigenvalue weighted by molar-refractivity contribution is 5.89. The molecule has 2 N–H and O–H groups in total. The fourth-order valence-corrected chi connectivity index (χ4v) is 2.33. The van der Waals surface area contributed by atoms with Crippen LogP contribution in [0.1, 0.15) is 37.5 Å². The average Bonchev–Trinajstić information content (AvgIpc) is 2.58. The first kappa shape index (κ1) is 20.4. The molecule has 6 heteroatoms. The maximum atomic E-state index is 12.9. The van der Waals surface area contributed by atoms with E-state index in [9.17, 15) is 18.0 Å². The van der Waals surface area contributed by atoms with Gasteiger partial charge >= 0.3 is 12.2 Å². The molecule has 0 bridgehead atoms. The normalized spacial score (nSPS) is 11.3. The first-order valence-corrected chi connectivity index (χ1v) is 8.38. The fraction of sp³-hybridized carbons (Fsp3) is 0.286. The molecule has 2 amide bonds. The number of hydrogen-bond acceptors (Lipinski definition) is 1. The molecule has 3 nitrogen and oxygen atoms in total. The van der Waals surface area contributed by atoms with E-state index in [2.05, 4.69) is 43.2 Å². The van der Waals surface area contributed by atoms with Crippen LogP contribution in [0.15, 0.2) is 48.5 Å². The maximum absolute atomic E-state index is 12.9. The molecule has 0 unspecified atom stereocenters. The van der Waals surface area contributed by atoms with Gasteiger partial charge in [-0.25, -0.2) is 4.79 Å². The van der Waals surface area contributed by atoms with Crippen molar-refractivity contribution < 1.29 is 18.0 Å². The second kappa shape index (κ2) is 8.17. The zero-order valence-electron chi connectivity index (χ0n) is 15.4. The van der Waals surface area contributed by atoms with Crippen molar-refractivity contribution in [2.45, 2.75) is 32.4 Å². The van der Waals surface area contributed by atoms with Crippen molar-refractivity contribution in [3.8, 4) is 11.8 Å². The van der Waals surface area contributed by atoms with Gasteiger partial charge in [0.2, 0.25) is 0 Å². The van der Waals surface area contributed by atoms with Gasteiger partial charge in [0, 0.05) is 11.3 Å². The summed E-state index contributed by atoms with van der Waals surface area (Å²) in [6.07, 6.45) is -4.46. The second-order valence-corrected chi connectivity index (χ2v) is 6.98. The Morgan fingerprint density at radius 1 is 1.00 bits per heavy atom. The van der Waals surface area contributed by atoms with Gasteiger partial charge in [-0.3, -0.25) is 0 Å². The van der Waals surface area contributed by atoms with E-state index in [1.807, 2.05) is 12.1 Å². The van der Waals surface area contributed by atoms with E-state index in [1.165, 1.54) is 18.2 Å². The highest BCUT2D eigenvalue weighted by atomic mass is 19.4. The van der Waals surface area contributed by atoms with Gasteiger partial charge in [-0.15, -0.1) is 0 Å². The number of benzene rings is 2. The van der Waals surface area contributed by atoms with E-state index in [0.29, 0.717) is 5.69 Å². The molecule has 0 saturated heterocycles. The minimum atomic E-state index is -4.46. The summed E-state index contributed by atoms with van der Waals surface area (Å²) >= 11 is 0. The minimum absolute atomic E-state index is 0.0169. The molecule has 0 aliphatic rings. The number of anilines is 1. The van der Waals surface area contributed by atoms with Crippen molar-refractivity contribution in [3.63, 3.8) is 0 Å². The van der Waals surface area contributed by atoms with E-state index in [4.69, 9.17) is 0 Å². The predicted molar refractivity (Wildman–Crippen MR) is 100 cm³/mol. The van der Waals surface area contributed by atoms with E-state index in [0.717, 1.165) is 11.6 Å². The summed E-state index contributed by atoms with van der Waals surface area (Å²) < 4.78 is 38.6. The average molecular weight is 374 g/mol. The Kier molecular flexibility index (Phi) is 6.17. The molecule has 0 atom stereocenters. The van der Waals surface area contributed by atoms with Gasteiger partial charge in [0.25, 0.3) is 0 Å². The molecule has 0 aliphatic carbocycles. The zero-order chi connectivity index (χ0) is 20.1. The quantitative estimate of drug-likeness (QED) is 0.699. The molecular weight excluding hydrogens is 353 g/mol. The Morgan fingerprint density at radius 2 is 1.63 bits per heavy atom. The van der Waals surface area contributed by atoms with Crippen molar-refractivity contribution in [2.24, 2.45) is 0 Å². The topological polar surface area (TPSA) is 41.1 Å². The molecule has 2 rings (SSSR count).